The second kappa shape index (κ2) is 9.11. The molecule has 8 nitrogen and oxygen atoms in total. The van der Waals surface area contributed by atoms with Crippen LogP contribution in [0, 0.1) is 0 Å². The Morgan fingerprint density at radius 1 is 1.20 bits per heavy atom. The third kappa shape index (κ3) is 4.80. The summed E-state index contributed by atoms with van der Waals surface area (Å²) in [6.07, 6.45) is 4.28. The number of aromatic nitrogens is 1. The number of likely N-dealkylation sites (tertiary alicyclic amines) is 1. The van der Waals surface area contributed by atoms with Crippen LogP contribution >= 0.6 is 11.6 Å². The number of rotatable bonds is 5. The third-order valence-corrected chi connectivity index (χ3v) is 7.13. The van der Waals surface area contributed by atoms with E-state index in [4.69, 9.17) is 11.6 Å². The van der Waals surface area contributed by atoms with E-state index in [9.17, 15) is 18.0 Å². The minimum absolute atomic E-state index is 0.0128. The number of nitrogens with zero attached hydrogens (tertiary/aromatic N) is 3. The highest BCUT2D eigenvalue weighted by Crippen LogP contribution is 2.25. The molecule has 2 heterocycles. The van der Waals surface area contributed by atoms with E-state index in [-0.39, 0.29) is 33.3 Å². The number of hydrogen-bond acceptors (Lipinski definition) is 5. The predicted molar refractivity (Wildman–Crippen MR) is 113 cm³/mol. The van der Waals surface area contributed by atoms with E-state index in [1.165, 1.54) is 38.5 Å². The molecule has 3 rings (SSSR count). The Hall–Kier alpha value is -2.49. The highest BCUT2D eigenvalue weighted by molar-refractivity contribution is 7.89. The minimum Gasteiger partial charge on any atom is -0.349 e. The highest BCUT2D eigenvalue weighted by Gasteiger charge is 2.27. The Kier molecular flexibility index (Phi) is 6.74. The van der Waals surface area contributed by atoms with Crippen molar-refractivity contribution in [1.29, 1.82) is 0 Å². The first-order valence-electron chi connectivity index (χ1n) is 9.42. The predicted octanol–water partition coefficient (Wildman–Crippen LogP) is 2.02. The molecule has 0 bridgehead atoms. The summed E-state index contributed by atoms with van der Waals surface area (Å²) < 4.78 is 25.8. The number of halogens is 1. The van der Waals surface area contributed by atoms with E-state index < -0.39 is 10.0 Å². The summed E-state index contributed by atoms with van der Waals surface area (Å²) in [6.45, 7) is 0.857. The van der Waals surface area contributed by atoms with Gasteiger partial charge in [-0.15, -0.1) is 0 Å². The molecular weight excluding hydrogens is 428 g/mol. The van der Waals surface area contributed by atoms with Gasteiger partial charge in [0.05, 0.1) is 21.0 Å². The van der Waals surface area contributed by atoms with Crippen molar-refractivity contribution in [2.24, 2.45) is 0 Å². The van der Waals surface area contributed by atoms with Crippen molar-refractivity contribution in [1.82, 2.24) is 19.5 Å². The van der Waals surface area contributed by atoms with Crippen molar-refractivity contribution in [3.63, 3.8) is 0 Å². The zero-order valence-corrected chi connectivity index (χ0v) is 18.3. The molecular formula is C20H23ClN4O4S. The quantitative estimate of drug-likeness (QED) is 0.751. The number of carbonyl (C=O) groups excluding carboxylic acids is 2. The van der Waals surface area contributed by atoms with Crippen LogP contribution in [-0.4, -0.2) is 67.6 Å². The Labute approximate surface area is 180 Å². The smallest absolute Gasteiger partial charge is 0.255 e. The van der Waals surface area contributed by atoms with Crippen molar-refractivity contribution in [3.8, 4) is 0 Å². The van der Waals surface area contributed by atoms with Gasteiger partial charge in [-0.25, -0.2) is 12.7 Å². The molecule has 30 heavy (non-hydrogen) atoms. The van der Waals surface area contributed by atoms with Crippen molar-refractivity contribution in [2.45, 2.75) is 23.8 Å². The van der Waals surface area contributed by atoms with Crippen LogP contribution in [0.5, 0.6) is 0 Å². The number of piperidine rings is 1. The SMILES string of the molecule is CN(C)S(=O)(=O)c1ccc(Cl)c(C(=O)N2CCC(NC(=O)c3cccnc3)CC2)c1. The average Bonchev–Trinajstić information content (AvgIpc) is 2.74. The summed E-state index contributed by atoms with van der Waals surface area (Å²) in [5.74, 6) is -0.523. The van der Waals surface area contributed by atoms with Gasteiger partial charge < -0.3 is 10.2 Å². The fourth-order valence-electron chi connectivity index (χ4n) is 3.20. The average molecular weight is 451 g/mol. The molecule has 160 valence electrons. The molecule has 0 spiro atoms. The van der Waals surface area contributed by atoms with Crippen LogP contribution in [-0.2, 0) is 10.0 Å². The molecule has 1 aromatic heterocycles. The van der Waals surface area contributed by atoms with E-state index in [0.717, 1.165) is 4.31 Å². The van der Waals surface area contributed by atoms with Gasteiger partial charge in [-0.05, 0) is 43.2 Å². The summed E-state index contributed by atoms with van der Waals surface area (Å²) in [5.41, 5.74) is 0.638. The molecule has 2 aromatic rings. The lowest BCUT2D eigenvalue weighted by atomic mass is 10.0. The van der Waals surface area contributed by atoms with Crippen molar-refractivity contribution in [3.05, 3.63) is 58.9 Å². The number of pyridine rings is 1. The molecule has 1 aliphatic rings. The first kappa shape index (κ1) is 22.2. The van der Waals surface area contributed by atoms with Crippen LogP contribution in [0.2, 0.25) is 5.02 Å². The van der Waals surface area contributed by atoms with Gasteiger partial charge in [0.15, 0.2) is 0 Å². The van der Waals surface area contributed by atoms with Crippen LogP contribution in [0.1, 0.15) is 33.6 Å². The zero-order chi connectivity index (χ0) is 21.9. The van der Waals surface area contributed by atoms with Gasteiger partial charge in [-0.2, -0.15) is 0 Å². The van der Waals surface area contributed by atoms with Gasteiger partial charge in [0, 0.05) is 45.6 Å². The second-order valence-corrected chi connectivity index (χ2v) is 9.77. The third-order valence-electron chi connectivity index (χ3n) is 4.99. The first-order chi connectivity index (χ1) is 14.2. The first-order valence-corrected chi connectivity index (χ1v) is 11.2. The lowest BCUT2D eigenvalue weighted by molar-refractivity contribution is 0.0698. The summed E-state index contributed by atoms with van der Waals surface area (Å²) in [7, 11) is -0.824. The highest BCUT2D eigenvalue weighted by atomic mass is 35.5. The number of nitrogens with one attached hydrogen (secondary N) is 1. The second-order valence-electron chi connectivity index (χ2n) is 7.21. The Morgan fingerprint density at radius 3 is 2.50 bits per heavy atom. The zero-order valence-electron chi connectivity index (χ0n) is 16.7. The minimum atomic E-state index is -3.68. The van der Waals surface area contributed by atoms with Gasteiger partial charge in [0.1, 0.15) is 0 Å². The van der Waals surface area contributed by atoms with Crippen LogP contribution in [0.25, 0.3) is 0 Å². The van der Waals surface area contributed by atoms with Gasteiger partial charge in [-0.3, -0.25) is 14.6 Å². The van der Waals surface area contributed by atoms with Gasteiger partial charge in [-0.1, -0.05) is 11.6 Å². The maximum atomic E-state index is 13.0. The molecule has 0 unspecified atom stereocenters. The lowest BCUT2D eigenvalue weighted by Crippen LogP contribution is -2.46. The van der Waals surface area contributed by atoms with Crippen LogP contribution < -0.4 is 5.32 Å². The van der Waals surface area contributed by atoms with Crippen LogP contribution in [0.3, 0.4) is 0 Å². The van der Waals surface area contributed by atoms with E-state index in [0.29, 0.717) is 31.5 Å². The van der Waals surface area contributed by atoms with Gasteiger partial charge in [0.25, 0.3) is 11.8 Å². The van der Waals surface area contributed by atoms with Gasteiger partial charge in [0.2, 0.25) is 10.0 Å². The molecule has 0 saturated carbocycles. The summed E-state index contributed by atoms with van der Waals surface area (Å²) in [4.78, 5) is 30.8. The molecule has 1 saturated heterocycles. The van der Waals surface area contributed by atoms with E-state index in [1.807, 2.05) is 0 Å². The molecule has 10 heteroatoms. The monoisotopic (exact) mass is 450 g/mol. The molecule has 2 amide bonds. The van der Waals surface area contributed by atoms with Crippen LogP contribution in [0.4, 0.5) is 0 Å². The van der Waals surface area contributed by atoms with Crippen molar-refractivity contribution >= 4 is 33.4 Å². The molecule has 1 aromatic carbocycles. The normalized spacial score (nSPS) is 15.3. The maximum Gasteiger partial charge on any atom is 0.255 e. The molecule has 1 fully saturated rings. The molecule has 0 radical (unpaired) electrons. The largest absolute Gasteiger partial charge is 0.349 e. The summed E-state index contributed by atoms with van der Waals surface area (Å²) in [5, 5.41) is 3.16. The summed E-state index contributed by atoms with van der Waals surface area (Å²) in [6, 6.07) is 7.46. The maximum absolute atomic E-state index is 13.0. The Morgan fingerprint density at radius 2 is 1.90 bits per heavy atom. The van der Waals surface area contributed by atoms with E-state index in [2.05, 4.69) is 10.3 Å². The van der Waals surface area contributed by atoms with Gasteiger partial charge >= 0.3 is 0 Å². The van der Waals surface area contributed by atoms with Crippen molar-refractivity contribution < 1.29 is 18.0 Å². The van der Waals surface area contributed by atoms with Crippen LogP contribution in [0.15, 0.2) is 47.6 Å². The van der Waals surface area contributed by atoms with Crippen molar-refractivity contribution in [2.75, 3.05) is 27.2 Å². The number of amides is 2. The fraction of sp³-hybridized carbons (Fsp3) is 0.350. The number of carbonyl (C=O) groups is 2. The number of sulfonamides is 1. The molecule has 1 aliphatic heterocycles. The Balaban J connectivity index is 1.66. The Bertz CT molecular complexity index is 1040. The van der Waals surface area contributed by atoms with E-state index >= 15 is 0 Å². The molecule has 1 N–H and O–H groups in total. The molecule has 0 aliphatic carbocycles. The van der Waals surface area contributed by atoms with E-state index in [1.54, 1.807) is 23.2 Å². The summed E-state index contributed by atoms with van der Waals surface area (Å²) >= 11 is 6.19. The standard InChI is InChI=1S/C20H23ClN4O4S/c1-24(2)30(28,29)16-5-6-18(21)17(12-16)20(27)25-10-7-15(8-11-25)23-19(26)14-4-3-9-22-13-14/h3-6,9,12-13,15H,7-8,10-11H2,1-2H3,(H,23,26). The number of benzene rings is 1. The fourth-order valence-corrected chi connectivity index (χ4v) is 4.33. The lowest BCUT2D eigenvalue weighted by Gasteiger charge is -2.32. The molecule has 0 atom stereocenters. The number of hydrogen-bond donors (Lipinski definition) is 1. The topological polar surface area (TPSA) is 99.7 Å².